The SMILES string of the molecule is Fc1ccc(OCC2CCNC(=S)O2)cc1. The quantitative estimate of drug-likeness (QED) is 0.818. The zero-order valence-corrected chi connectivity index (χ0v) is 9.43. The minimum Gasteiger partial charge on any atom is -0.490 e. The minimum absolute atomic E-state index is 0.0289. The first-order valence-electron chi connectivity index (χ1n) is 5.07. The van der Waals surface area contributed by atoms with Gasteiger partial charge >= 0.3 is 0 Å². The maximum atomic E-state index is 12.6. The highest BCUT2D eigenvalue weighted by atomic mass is 32.1. The van der Waals surface area contributed by atoms with Crippen LogP contribution in [0.2, 0.25) is 0 Å². The van der Waals surface area contributed by atoms with Crippen LogP contribution in [0.15, 0.2) is 24.3 Å². The number of rotatable bonds is 3. The smallest absolute Gasteiger partial charge is 0.257 e. The summed E-state index contributed by atoms with van der Waals surface area (Å²) in [6, 6.07) is 5.91. The van der Waals surface area contributed by atoms with Gasteiger partial charge in [-0.05, 0) is 36.5 Å². The van der Waals surface area contributed by atoms with Crippen molar-refractivity contribution >= 4 is 17.4 Å². The van der Waals surface area contributed by atoms with Crippen LogP contribution in [-0.2, 0) is 4.74 Å². The second-order valence-electron chi connectivity index (χ2n) is 3.51. The minimum atomic E-state index is -0.272. The van der Waals surface area contributed by atoms with E-state index in [2.05, 4.69) is 5.32 Å². The van der Waals surface area contributed by atoms with E-state index in [-0.39, 0.29) is 11.9 Å². The van der Waals surface area contributed by atoms with Gasteiger partial charge in [0.1, 0.15) is 24.3 Å². The van der Waals surface area contributed by atoms with Crippen LogP contribution in [0, 0.1) is 5.82 Å². The molecule has 1 atom stereocenters. The third-order valence-electron chi connectivity index (χ3n) is 2.26. The van der Waals surface area contributed by atoms with Gasteiger partial charge in [-0.15, -0.1) is 0 Å². The monoisotopic (exact) mass is 241 g/mol. The van der Waals surface area contributed by atoms with Gasteiger partial charge in [-0.25, -0.2) is 4.39 Å². The molecule has 1 aliphatic heterocycles. The van der Waals surface area contributed by atoms with Crippen molar-refractivity contribution in [2.75, 3.05) is 13.2 Å². The fraction of sp³-hybridized carbons (Fsp3) is 0.364. The van der Waals surface area contributed by atoms with Crippen LogP contribution in [-0.4, -0.2) is 24.4 Å². The molecule has 0 aromatic heterocycles. The van der Waals surface area contributed by atoms with Crippen molar-refractivity contribution in [1.82, 2.24) is 5.32 Å². The lowest BCUT2D eigenvalue weighted by Crippen LogP contribution is -2.40. The lowest BCUT2D eigenvalue weighted by atomic mass is 10.2. The topological polar surface area (TPSA) is 30.5 Å². The molecule has 0 spiro atoms. The van der Waals surface area contributed by atoms with Crippen molar-refractivity contribution < 1.29 is 13.9 Å². The molecule has 1 saturated heterocycles. The lowest BCUT2D eigenvalue weighted by Gasteiger charge is -2.25. The number of nitrogens with one attached hydrogen (secondary N) is 1. The van der Waals surface area contributed by atoms with Crippen molar-refractivity contribution in [3.8, 4) is 5.75 Å². The molecule has 3 nitrogen and oxygen atoms in total. The van der Waals surface area contributed by atoms with Crippen molar-refractivity contribution in [3.05, 3.63) is 30.1 Å². The summed E-state index contributed by atoms with van der Waals surface area (Å²) in [5, 5.41) is 3.34. The highest BCUT2D eigenvalue weighted by Gasteiger charge is 2.17. The van der Waals surface area contributed by atoms with Crippen molar-refractivity contribution in [3.63, 3.8) is 0 Å². The Morgan fingerprint density at radius 3 is 2.88 bits per heavy atom. The van der Waals surface area contributed by atoms with E-state index in [4.69, 9.17) is 21.7 Å². The predicted octanol–water partition coefficient (Wildman–Crippen LogP) is 1.87. The van der Waals surface area contributed by atoms with E-state index in [1.165, 1.54) is 12.1 Å². The molecule has 0 radical (unpaired) electrons. The van der Waals surface area contributed by atoms with Gasteiger partial charge in [0, 0.05) is 13.0 Å². The Morgan fingerprint density at radius 1 is 1.44 bits per heavy atom. The Hall–Kier alpha value is -1.36. The van der Waals surface area contributed by atoms with Gasteiger partial charge in [0.2, 0.25) is 0 Å². The molecule has 1 N–H and O–H groups in total. The Balaban J connectivity index is 1.82. The maximum absolute atomic E-state index is 12.6. The number of benzene rings is 1. The van der Waals surface area contributed by atoms with Gasteiger partial charge in [-0.1, -0.05) is 0 Å². The van der Waals surface area contributed by atoms with Gasteiger partial charge < -0.3 is 14.8 Å². The molecule has 0 aliphatic carbocycles. The molecule has 1 heterocycles. The highest BCUT2D eigenvalue weighted by Crippen LogP contribution is 2.13. The van der Waals surface area contributed by atoms with E-state index in [1.54, 1.807) is 12.1 Å². The second-order valence-corrected chi connectivity index (χ2v) is 3.88. The average molecular weight is 241 g/mol. The van der Waals surface area contributed by atoms with Gasteiger partial charge in [0.25, 0.3) is 5.17 Å². The fourth-order valence-corrected chi connectivity index (χ4v) is 1.66. The standard InChI is InChI=1S/C11H12FNO2S/c12-8-1-3-9(4-2-8)14-7-10-5-6-13-11(16)15-10/h1-4,10H,5-7H2,(H,13,16). The summed E-state index contributed by atoms with van der Waals surface area (Å²) in [7, 11) is 0. The second kappa shape index (κ2) is 5.12. The predicted molar refractivity (Wildman–Crippen MR) is 62.0 cm³/mol. The summed E-state index contributed by atoms with van der Waals surface area (Å²) in [4.78, 5) is 0. The molecule has 0 bridgehead atoms. The van der Waals surface area contributed by atoms with E-state index in [0.717, 1.165) is 13.0 Å². The van der Waals surface area contributed by atoms with E-state index in [0.29, 0.717) is 17.5 Å². The molecule has 2 rings (SSSR count). The summed E-state index contributed by atoms with van der Waals surface area (Å²) in [6.45, 7) is 1.23. The molecule has 86 valence electrons. The van der Waals surface area contributed by atoms with Gasteiger partial charge in [-0.3, -0.25) is 0 Å². The number of halogens is 1. The third kappa shape index (κ3) is 3.06. The molecular formula is C11H12FNO2S. The van der Waals surface area contributed by atoms with E-state index in [9.17, 15) is 4.39 Å². The van der Waals surface area contributed by atoms with Gasteiger partial charge in [-0.2, -0.15) is 0 Å². The highest BCUT2D eigenvalue weighted by molar-refractivity contribution is 7.80. The van der Waals surface area contributed by atoms with Crippen LogP contribution < -0.4 is 10.1 Å². The van der Waals surface area contributed by atoms with Crippen LogP contribution in [0.25, 0.3) is 0 Å². The molecule has 1 aromatic rings. The third-order valence-corrected chi connectivity index (χ3v) is 2.50. The molecule has 1 unspecified atom stereocenters. The Labute approximate surface area is 98.6 Å². The Morgan fingerprint density at radius 2 is 2.19 bits per heavy atom. The molecular weight excluding hydrogens is 229 g/mol. The largest absolute Gasteiger partial charge is 0.490 e. The summed E-state index contributed by atoms with van der Waals surface area (Å²) >= 11 is 4.89. The van der Waals surface area contributed by atoms with E-state index >= 15 is 0 Å². The number of ether oxygens (including phenoxy) is 2. The van der Waals surface area contributed by atoms with Crippen molar-refractivity contribution in [2.45, 2.75) is 12.5 Å². The Bertz CT molecular complexity index is 369. The first kappa shape index (κ1) is 11.1. The number of thiocarbonyl (C=S) groups is 1. The molecule has 1 aromatic carbocycles. The van der Waals surface area contributed by atoms with E-state index < -0.39 is 0 Å². The normalized spacial score (nSPS) is 19.8. The number of hydrogen-bond acceptors (Lipinski definition) is 3. The summed E-state index contributed by atoms with van der Waals surface area (Å²) in [6.07, 6.45) is 0.820. The van der Waals surface area contributed by atoms with Crippen molar-refractivity contribution in [1.29, 1.82) is 0 Å². The van der Waals surface area contributed by atoms with Crippen LogP contribution >= 0.6 is 12.2 Å². The first-order chi connectivity index (χ1) is 7.74. The Kier molecular flexibility index (Phi) is 3.56. The fourth-order valence-electron chi connectivity index (χ4n) is 1.42. The van der Waals surface area contributed by atoms with Crippen LogP contribution in [0.1, 0.15) is 6.42 Å². The summed E-state index contributed by atoms with van der Waals surface area (Å²) < 4.78 is 23.4. The lowest BCUT2D eigenvalue weighted by molar-refractivity contribution is 0.0956. The summed E-state index contributed by atoms with van der Waals surface area (Å²) in [5.74, 6) is 0.362. The molecule has 1 fully saturated rings. The maximum Gasteiger partial charge on any atom is 0.257 e. The zero-order valence-electron chi connectivity index (χ0n) is 8.61. The zero-order chi connectivity index (χ0) is 11.4. The molecule has 1 aliphatic rings. The molecule has 0 amide bonds. The van der Waals surface area contributed by atoms with E-state index in [1.807, 2.05) is 0 Å². The molecule has 5 heteroatoms. The van der Waals surface area contributed by atoms with Gasteiger partial charge in [0.05, 0.1) is 0 Å². The van der Waals surface area contributed by atoms with Crippen LogP contribution in [0.5, 0.6) is 5.75 Å². The summed E-state index contributed by atoms with van der Waals surface area (Å²) in [5.41, 5.74) is 0. The van der Waals surface area contributed by atoms with Crippen LogP contribution in [0.3, 0.4) is 0 Å². The number of hydrogen-bond donors (Lipinski definition) is 1. The first-order valence-corrected chi connectivity index (χ1v) is 5.48. The molecule has 16 heavy (non-hydrogen) atoms. The van der Waals surface area contributed by atoms with Gasteiger partial charge in [0.15, 0.2) is 0 Å². The average Bonchev–Trinajstić information content (AvgIpc) is 2.28. The van der Waals surface area contributed by atoms with Crippen LogP contribution in [0.4, 0.5) is 4.39 Å². The molecule has 0 saturated carbocycles. The van der Waals surface area contributed by atoms with Crippen molar-refractivity contribution in [2.24, 2.45) is 0 Å².